The zero-order valence-electron chi connectivity index (χ0n) is 8.45. The topological polar surface area (TPSA) is 64.7 Å². The van der Waals surface area contributed by atoms with Crippen LogP contribution in [-0.4, -0.2) is 17.5 Å². The normalized spacial score (nSPS) is 37.1. The molecule has 0 aromatic rings. The fourth-order valence-corrected chi connectivity index (χ4v) is 2.34. The van der Waals surface area contributed by atoms with Gasteiger partial charge in [0.1, 0.15) is 0 Å². The third-order valence-electron chi connectivity index (χ3n) is 3.39. The number of ether oxygens (including phenoxy) is 1. The number of carbonyl (C=O) groups excluding carboxylic acids is 1. The molecule has 1 spiro atoms. The lowest BCUT2D eigenvalue weighted by Crippen LogP contribution is -2.41. The zero-order valence-corrected chi connectivity index (χ0v) is 8.45. The second kappa shape index (κ2) is 3.26. The summed E-state index contributed by atoms with van der Waals surface area (Å²) in [5, 5.41) is 0. The van der Waals surface area contributed by atoms with Gasteiger partial charge < -0.3 is 10.5 Å². The highest BCUT2D eigenvalue weighted by Gasteiger charge is 2.47. The number of hydrogen-bond acceptors (Lipinski definition) is 3. The minimum atomic E-state index is -0.685. The molecule has 1 fully saturated rings. The van der Waals surface area contributed by atoms with Gasteiger partial charge in [0.25, 0.3) is 11.9 Å². The van der Waals surface area contributed by atoms with Gasteiger partial charge in [0, 0.05) is 0 Å². The molecule has 1 aliphatic carbocycles. The highest BCUT2D eigenvalue weighted by molar-refractivity contribution is 6.00. The molecule has 1 saturated carbocycles. The van der Waals surface area contributed by atoms with E-state index in [4.69, 9.17) is 10.5 Å². The molecule has 0 unspecified atom stereocenters. The van der Waals surface area contributed by atoms with E-state index >= 15 is 0 Å². The molecule has 4 heteroatoms. The van der Waals surface area contributed by atoms with Crippen LogP contribution in [0.15, 0.2) is 4.99 Å². The lowest BCUT2D eigenvalue weighted by molar-refractivity contribution is -0.134. The van der Waals surface area contributed by atoms with Gasteiger partial charge in [0.05, 0.1) is 0 Å². The van der Waals surface area contributed by atoms with Crippen LogP contribution in [0.2, 0.25) is 0 Å². The van der Waals surface area contributed by atoms with Gasteiger partial charge >= 0.3 is 0 Å². The van der Waals surface area contributed by atoms with Gasteiger partial charge in [-0.15, -0.1) is 0 Å². The first-order chi connectivity index (χ1) is 6.66. The van der Waals surface area contributed by atoms with Crippen LogP contribution in [0.4, 0.5) is 0 Å². The molecule has 0 aromatic carbocycles. The standard InChI is InChI=1S/C10H16N2O2/c1-2-7-3-5-10(6-4-7)8(13)12-9(11)14-10/h7H,2-6H2,1H3,(H2,11,12,13). The average molecular weight is 196 g/mol. The molecule has 2 aliphatic rings. The van der Waals surface area contributed by atoms with Crippen molar-refractivity contribution in [3.8, 4) is 0 Å². The Bertz CT molecular complexity index is 278. The van der Waals surface area contributed by atoms with Crippen molar-refractivity contribution in [1.29, 1.82) is 0 Å². The maximum absolute atomic E-state index is 11.6. The minimum absolute atomic E-state index is 0.0462. The molecule has 0 saturated heterocycles. The smallest absolute Gasteiger partial charge is 0.294 e. The van der Waals surface area contributed by atoms with E-state index in [1.54, 1.807) is 0 Å². The largest absolute Gasteiger partial charge is 0.448 e. The van der Waals surface area contributed by atoms with E-state index < -0.39 is 5.60 Å². The van der Waals surface area contributed by atoms with E-state index in [-0.39, 0.29) is 11.9 Å². The van der Waals surface area contributed by atoms with Crippen molar-refractivity contribution in [2.45, 2.75) is 44.6 Å². The molecule has 0 radical (unpaired) electrons. The first kappa shape index (κ1) is 9.49. The lowest BCUT2D eigenvalue weighted by atomic mass is 9.77. The van der Waals surface area contributed by atoms with Gasteiger partial charge in [-0.1, -0.05) is 13.3 Å². The Morgan fingerprint density at radius 2 is 2.21 bits per heavy atom. The molecule has 2 N–H and O–H groups in total. The monoisotopic (exact) mass is 196 g/mol. The zero-order chi connectivity index (χ0) is 10.2. The highest BCUT2D eigenvalue weighted by Crippen LogP contribution is 2.39. The van der Waals surface area contributed by atoms with Gasteiger partial charge in [0.15, 0.2) is 5.60 Å². The van der Waals surface area contributed by atoms with E-state index in [1.807, 2.05) is 0 Å². The Kier molecular flexibility index (Phi) is 2.21. The number of carbonyl (C=O) groups is 1. The number of hydrogen-bond donors (Lipinski definition) is 1. The highest BCUT2D eigenvalue weighted by atomic mass is 16.5. The number of nitrogens with two attached hydrogens (primary N) is 1. The molecule has 4 nitrogen and oxygen atoms in total. The summed E-state index contributed by atoms with van der Waals surface area (Å²) < 4.78 is 5.37. The average Bonchev–Trinajstić information content (AvgIpc) is 2.43. The van der Waals surface area contributed by atoms with E-state index in [9.17, 15) is 4.79 Å². The van der Waals surface area contributed by atoms with E-state index in [1.165, 1.54) is 6.42 Å². The summed E-state index contributed by atoms with van der Waals surface area (Å²) in [6.07, 6.45) is 4.82. The quantitative estimate of drug-likeness (QED) is 0.685. The fourth-order valence-electron chi connectivity index (χ4n) is 2.34. The second-order valence-corrected chi connectivity index (χ2v) is 4.20. The molecular weight excluding hydrogens is 180 g/mol. The van der Waals surface area contributed by atoms with Gasteiger partial charge in [-0.05, 0) is 31.6 Å². The maximum Gasteiger partial charge on any atom is 0.294 e. The molecule has 1 heterocycles. The number of amidine groups is 1. The van der Waals surface area contributed by atoms with Crippen molar-refractivity contribution in [2.24, 2.45) is 16.6 Å². The van der Waals surface area contributed by atoms with Crippen molar-refractivity contribution in [3.05, 3.63) is 0 Å². The molecule has 0 aromatic heterocycles. The van der Waals surface area contributed by atoms with Crippen molar-refractivity contribution in [1.82, 2.24) is 0 Å². The van der Waals surface area contributed by atoms with Crippen LogP contribution in [0.5, 0.6) is 0 Å². The molecule has 0 atom stereocenters. The maximum atomic E-state index is 11.6. The van der Waals surface area contributed by atoms with Gasteiger partial charge in [-0.2, -0.15) is 4.99 Å². The molecule has 78 valence electrons. The summed E-state index contributed by atoms with van der Waals surface area (Å²) >= 11 is 0. The van der Waals surface area contributed by atoms with Crippen LogP contribution in [0.1, 0.15) is 39.0 Å². The van der Waals surface area contributed by atoms with Crippen molar-refractivity contribution < 1.29 is 9.53 Å². The summed E-state index contributed by atoms with van der Waals surface area (Å²) in [6.45, 7) is 2.19. The minimum Gasteiger partial charge on any atom is -0.448 e. The number of rotatable bonds is 1. The number of amides is 1. The fraction of sp³-hybridized carbons (Fsp3) is 0.800. The Labute approximate surface area is 83.5 Å². The van der Waals surface area contributed by atoms with E-state index in [2.05, 4.69) is 11.9 Å². The summed E-state index contributed by atoms with van der Waals surface area (Å²) in [4.78, 5) is 15.2. The Balaban J connectivity index is 2.04. The number of nitrogens with zero attached hydrogens (tertiary/aromatic N) is 1. The van der Waals surface area contributed by atoms with Crippen molar-refractivity contribution in [2.75, 3.05) is 0 Å². The Morgan fingerprint density at radius 3 is 2.64 bits per heavy atom. The first-order valence-electron chi connectivity index (χ1n) is 5.24. The van der Waals surface area contributed by atoms with Crippen LogP contribution < -0.4 is 5.73 Å². The lowest BCUT2D eigenvalue weighted by Gasteiger charge is -2.33. The summed E-state index contributed by atoms with van der Waals surface area (Å²) in [7, 11) is 0. The van der Waals surface area contributed by atoms with Crippen LogP contribution >= 0.6 is 0 Å². The van der Waals surface area contributed by atoms with Crippen LogP contribution in [0.25, 0.3) is 0 Å². The van der Waals surface area contributed by atoms with Crippen LogP contribution in [-0.2, 0) is 9.53 Å². The third-order valence-corrected chi connectivity index (χ3v) is 3.39. The second-order valence-electron chi connectivity index (χ2n) is 4.20. The third kappa shape index (κ3) is 1.38. The Hall–Kier alpha value is -1.06. The van der Waals surface area contributed by atoms with Gasteiger partial charge in [0.2, 0.25) is 0 Å². The molecule has 1 amide bonds. The first-order valence-corrected chi connectivity index (χ1v) is 5.24. The van der Waals surface area contributed by atoms with E-state index in [0.717, 1.165) is 31.6 Å². The van der Waals surface area contributed by atoms with Gasteiger partial charge in [-0.25, -0.2) is 0 Å². The predicted octanol–water partition coefficient (Wildman–Crippen LogP) is 1.20. The summed E-state index contributed by atoms with van der Waals surface area (Å²) in [5.74, 6) is 0.559. The summed E-state index contributed by atoms with van der Waals surface area (Å²) in [6, 6.07) is 0.0462. The molecule has 14 heavy (non-hydrogen) atoms. The predicted molar refractivity (Wildman–Crippen MR) is 52.7 cm³/mol. The van der Waals surface area contributed by atoms with Crippen LogP contribution in [0, 0.1) is 5.92 Å². The molecule has 0 bridgehead atoms. The van der Waals surface area contributed by atoms with Crippen molar-refractivity contribution >= 4 is 11.9 Å². The van der Waals surface area contributed by atoms with Crippen LogP contribution in [0.3, 0.4) is 0 Å². The molecule has 2 rings (SSSR count). The number of aliphatic imine (C=N–C) groups is 1. The van der Waals surface area contributed by atoms with E-state index in [0.29, 0.717) is 0 Å². The van der Waals surface area contributed by atoms with Gasteiger partial charge in [-0.3, -0.25) is 4.79 Å². The SMILES string of the molecule is CCC1CCC2(CC1)OC(N)=NC2=O. The molecule has 1 aliphatic heterocycles. The molecular formula is C10H16N2O2. The van der Waals surface area contributed by atoms with Crippen molar-refractivity contribution in [3.63, 3.8) is 0 Å². The Morgan fingerprint density at radius 1 is 1.57 bits per heavy atom. The summed E-state index contributed by atoms with van der Waals surface area (Å²) in [5.41, 5.74) is 4.72.